The number of carboxylic acid groups (broad SMARTS) is 1. The second-order valence-electron chi connectivity index (χ2n) is 1.20. The second kappa shape index (κ2) is 3.15. The summed E-state index contributed by atoms with van der Waals surface area (Å²) >= 11 is 0. The third-order valence-corrected chi connectivity index (χ3v) is 0.562. The van der Waals surface area contributed by atoms with E-state index in [2.05, 4.69) is 0 Å². The molecule has 0 saturated heterocycles. The zero-order valence-electron chi connectivity index (χ0n) is 4.00. The van der Waals surface area contributed by atoms with Crippen molar-refractivity contribution in [1.82, 2.24) is 0 Å². The highest BCUT2D eigenvalue weighted by atomic mass is 16.4. The van der Waals surface area contributed by atoms with E-state index in [1.165, 1.54) is 6.29 Å². The maximum Gasteiger partial charge on any atom is 0.333 e. The monoisotopic (exact) mass is 117 g/mol. The van der Waals surface area contributed by atoms with E-state index in [0.29, 0.717) is 0 Å². The van der Waals surface area contributed by atoms with Crippen molar-refractivity contribution < 1.29 is 19.8 Å². The van der Waals surface area contributed by atoms with E-state index in [0.717, 1.165) is 0 Å². The Balaban J connectivity index is 3.46. The maximum absolute atomic E-state index is 9.66. The number of carbonyl (C=O) groups is 1. The third-order valence-electron chi connectivity index (χ3n) is 0.562. The van der Waals surface area contributed by atoms with Gasteiger partial charge in [0.15, 0.2) is 6.10 Å². The van der Waals surface area contributed by atoms with Crippen LogP contribution in [-0.4, -0.2) is 28.6 Å². The molecule has 4 heteroatoms. The van der Waals surface area contributed by atoms with Crippen molar-refractivity contribution >= 4 is 12.3 Å². The van der Waals surface area contributed by atoms with Gasteiger partial charge in [-0.1, -0.05) is 0 Å². The van der Waals surface area contributed by atoms with Crippen LogP contribution in [0.1, 0.15) is 6.42 Å². The molecule has 1 atom stereocenters. The topological polar surface area (TPSA) is 74.6 Å². The molecule has 1 unspecified atom stereocenters. The van der Waals surface area contributed by atoms with E-state index >= 15 is 0 Å². The molecule has 0 aromatic rings. The van der Waals surface area contributed by atoms with Crippen LogP contribution in [0.2, 0.25) is 0 Å². The van der Waals surface area contributed by atoms with Crippen LogP contribution in [0.15, 0.2) is 0 Å². The molecule has 1 radical (unpaired) electrons. The van der Waals surface area contributed by atoms with Gasteiger partial charge in [-0.05, 0) is 0 Å². The SMILES string of the molecule is O=[C]CC(O)C(=O)O. The Kier molecular flexibility index (Phi) is 2.79. The van der Waals surface area contributed by atoms with E-state index in [-0.39, 0.29) is 0 Å². The van der Waals surface area contributed by atoms with Crippen LogP contribution in [0, 0.1) is 0 Å². The first-order chi connectivity index (χ1) is 3.68. The Morgan fingerprint density at radius 1 is 1.75 bits per heavy atom. The average Bonchev–Trinajstić information content (AvgIpc) is 1.67. The number of hydrogen-bond donors (Lipinski definition) is 2. The standard InChI is InChI=1S/C4H5O4/c5-2-1-3(6)4(7)8/h3,6H,1H2,(H,7,8). The fourth-order valence-electron chi connectivity index (χ4n) is 0.166. The van der Waals surface area contributed by atoms with Gasteiger partial charge in [0, 0.05) is 0 Å². The normalized spacial score (nSPS) is 12.6. The van der Waals surface area contributed by atoms with Gasteiger partial charge in [-0.3, -0.25) is 4.79 Å². The summed E-state index contributed by atoms with van der Waals surface area (Å²) in [4.78, 5) is 19.0. The van der Waals surface area contributed by atoms with Gasteiger partial charge in [0.1, 0.15) is 0 Å². The van der Waals surface area contributed by atoms with Crippen molar-refractivity contribution in [3.8, 4) is 0 Å². The Morgan fingerprint density at radius 2 is 2.25 bits per heavy atom. The van der Waals surface area contributed by atoms with Crippen LogP contribution < -0.4 is 0 Å². The first-order valence-electron chi connectivity index (χ1n) is 1.94. The van der Waals surface area contributed by atoms with Crippen LogP contribution in [0.5, 0.6) is 0 Å². The molecule has 0 heterocycles. The quantitative estimate of drug-likeness (QED) is 0.493. The molecule has 2 N–H and O–H groups in total. The first-order valence-corrected chi connectivity index (χ1v) is 1.94. The van der Waals surface area contributed by atoms with Gasteiger partial charge in [0.2, 0.25) is 6.29 Å². The molecule has 8 heavy (non-hydrogen) atoms. The molecule has 4 nitrogen and oxygen atoms in total. The molecule has 0 aliphatic rings. The molecule has 0 aliphatic carbocycles. The van der Waals surface area contributed by atoms with E-state index in [1.807, 2.05) is 0 Å². The van der Waals surface area contributed by atoms with Gasteiger partial charge in [0.05, 0.1) is 6.42 Å². The number of aliphatic hydroxyl groups excluding tert-OH is 1. The molecule has 0 saturated carbocycles. The summed E-state index contributed by atoms with van der Waals surface area (Å²) in [6.45, 7) is 0. The molecule has 45 valence electrons. The Hall–Kier alpha value is -0.900. The van der Waals surface area contributed by atoms with Crippen LogP contribution in [0.3, 0.4) is 0 Å². The number of aliphatic carboxylic acids is 1. The summed E-state index contributed by atoms with van der Waals surface area (Å²) in [6, 6.07) is 0. The fraction of sp³-hybridized carbons (Fsp3) is 0.500. The van der Waals surface area contributed by atoms with E-state index in [4.69, 9.17) is 10.2 Å². The van der Waals surface area contributed by atoms with Crippen molar-refractivity contribution in [2.45, 2.75) is 12.5 Å². The van der Waals surface area contributed by atoms with Crippen molar-refractivity contribution in [3.05, 3.63) is 0 Å². The van der Waals surface area contributed by atoms with Crippen LogP contribution in [0.25, 0.3) is 0 Å². The molecule has 0 spiro atoms. The smallest absolute Gasteiger partial charge is 0.333 e. The second-order valence-corrected chi connectivity index (χ2v) is 1.20. The highest BCUT2D eigenvalue weighted by Crippen LogP contribution is 1.84. The highest BCUT2D eigenvalue weighted by molar-refractivity contribution is 5.75. The number of rotatable bonds is 3. The Morgan fingerprint density at radius 3 is 2.38 bits per heavy atom. The first kappa shape index (κ1) is 7.10. The predicted molar refractivity (Wildman–Crippen MR) is 24.0 cm³/mol. The Labute approximate surface area is 45.7 Å². The average molecular weight is 117 g/mol. The molecular formula is C4H5O4. The largest absolute Gasteiger partial charge is 0.479 e. The number of hydrogen-bond acceptors (Lipinski definition) is 3. The minimum Gasteiger partial charge on any atom is -0.479 e. The van der Waals surface area contributed by atoms with Gasteiger partial charge in [-0.2, -0.15) is 0 Å². The lowest BCUT2D eigenvalue weighted by atomic mass is 10.3. The van der Waals surface area contributed by atoms with Crippen molar-refractivity contribution in [3.63, 3.8) is 0 Å². The molecule has 0 amide bonds. The highest BCUT2D eigenvalue weighted by Gasteiger charge is 2.10. The Bertz CT molecular complexity index is 98.2. The number of carbonyl (C=O) groups excluding carboxylic acids is 1. The van der Waals surface area contributed by atoms with Gasteiger partial charge in [-0.25, -0.2) is 4.79 Å². The minimum absolute atomic E-state index is 0.463. The third kappa shape index (κ3) is 2.30. The fourth-order valence-corrected chi connectivity index (χ4v) is 0.166. The number of carboxylic acids is 1. The molecule has 0 bridgehead atoms. The molecule has 0 aliphatic heterocycles. The molecule has 0 aromatic carbocycles. The van der Waals surface area contributed by atoms with E-state index < -0.39 is 18.5 Å². The maximum atomic E-state index is 9.66. The van der Waals surface area contributed by atoms with Crippen LogP contribution >= 0.6 is 0 Å². The van der Waals surface area contributed by atoms with E-state index in [1.54, 1.807) is 0 Å². The van der Waals surface area contributed by atoms with Gasteiger partial charge in [0.25, 0.3) is 0 Å². The zero-order chi connectivity index (χ0) is 6.57. The summed E-state index contributed by atoms with van der Waals surface area (Å²) in [6.07, 6.45) is -0.785. The molecular weight excluding hydrogens is 112 g/mol. The summed E-state index contributed by atoms with van der Waals surface area (Å²) < 4.78 is 0. The van der Waals surface area contributed by atoms with Gasteiger partial charge < -0.3 is 10.2 Å². The van der Waals surface area contributed by atoms with Crippen LogP contribution in [-0.2, 0) is 9.59 Å². The van der Waals surface area contributed by atoms with Crippen molar-refractivity contribution in [2.24, 2.45) is 0 Å². The summed E-state index contributed by atoms with van der Waals surface area (Å²) in [7, 11) is 0. The number of aliphatic hydroxyl groups is 1. The lowest BCUT2D eigenvalue weighted by molar-refractivity contribution is -0.146. The van der Waals surface area contributed by atoms with Crippen molar-refractivity contribution in [2.75, 3.05) is 0 Å². The van der Waals surface area contributed by atoms with E-state index in [9.17, 15) is 9.59 Å². The van der Waals surface area contributed by atoms with Crippen molar-refractivity contribution in [1.29, 1.82) is 0 Å². The zero-order valence-corrected chi connectivity index (χ0v) is 4.00. The molecule has 0 aromatic heterocycles. The minimum atomic E-state index is -1.59. The summed E-state index contributed by atoms with van der Waals surface area (Å²) in [5.41, 5.74) is 0. The summed E-state index contributed by atoms with van der Waals surface area (Å²) in [5.74, 6) is -1.40. The lowest BCUT2D eigenvalue weighted by Crippen LogP contribution is -2.19. The van der Waals surface area contributed by atoms with Crippen LogP contribution in [0.4, 0.5) is 0 Å². The molecule has 0 fully saturated rings. The van der Waals surface area contributed by atoms with Gasteiger partial charge in [-0.15, -0.1) is 0 Å². The predicted octanol–water partition coefficient (Wildman–Crippen LogP) is -1.07. The van der Waals surface area contributed by atoms with Gasteiger partial charge >= 0.3 is 5.97 Å². The molecule has 0 rings (SSSR count). The summed E-state index contributed by atoms with van der Waals surface area (Å²) in [5, 5.41) is 16.1. The lowest BCUT2D eigenvalue weighted by Gasteiger charge is -1.94.